The molecule has 0 saturated carbocycles. The van der Waals surface area contributed by atoms with Gasteiger partial charge in [-0.15, -0.1) is 0 Å². The van der Waals surface area contributed by atoms with Gasteiger partial charge in [-0.1, -0.05) is 6.07 Å². The molecule has 0 fully saturated rings. The molecule has 0 aliphatic carbocycles. The molecule has 1 aromatic carbocycles. The molecular formula is C14H19BrN2O3. The number of amides is 2. The van der Waals surface area contributed by atoms with Gasteiger partial charge in [0, 0.05) is 10.0 Å². The number of urea groups is 1. The second-order valence-corrected chi connectivity index (χ2v) is 6.33. The minimum absolute atomic E-state index is 0.144. The molecular weight excluding hydrogens is 324 g/mol. The number of carbonyl (C=O) groups excluding carboxylic acids is 1. The van der Waals surface area contributed by atoms with Gasteiger partial charge in [0.25, 0.3) is 0 Å². The van der Waals surface area contributed by atoms with E-state index in [1.54, 1.807) is 13.8 Å². The van der Waals surface area contributed by atoms with E-state index < -0.39 is 17.5 Å². The Hall–Kier alpha value is -1.56. The monoisotopic (exact) mass is 342 g/mol. The molecule has 0 spiro atoms. The summed E-state index contributed by atoms with van der Waals surface area (Å²) in [6.07, 6.45) is -0.144. The molecule has 3 N–H and O–H groups in total. The summed E-state index contributed by atoms with van der Waals surface area (Å²) in [5.74, 6) is -0.956. The molecule has 0 aliphatic heterocycles. The number of carboxylic acids is 1. The van der Waals surface area contributed by atoms with Crippen molar-refractivity contribution < 1.29 is 14.7 Å². The Labute approximate surface area is 126 Å². The predicted octanol–water partition coefficient (Wildman–Crippen LogP) is 3.44. The van der Waals surface area contributed by atoms with Gasteiger partial charge in [-0.05, 0) is 60.8 Å². The summed E-state index contributed by atoms with van der Waals surface area (Å²) < 4.78 is 0.793. The van der Waals surface area contributed by atoms with Crippen LogP contribution in [0.3, 0.4) is 0 Å². The molecule has 5 nitrogen and oxygen atoms in total. The minimum atomic E-state index is -0.956. The molecule has 110 valence electrons. The zero-order chi connectivity index (χ0) is 15.5. The third kappa shape index (κ3) is 4.85. The summed E-state index contributed by atoms with van der Waals surface area (Å²) in [6.45, 7) is 7.20. The van der Waals surface area contributed by atoms with Crippen molar-refractivity contribution in [2.75, 3.05) is 5.32 Å². The number of hydrogen-bond acceptors (Lipinski definition) is 2. The Morgan fingerprint density at radius 1 is 1.30 bits per heavy atom. The maximum atomic E-state index is 12.0. The molecule has 1 rings (SSSR count). The summed E-state index contributed by atoms with van der Waals surface area (Å²) in [5, 5.41) is 14.2. The smallest absolute Gasteiger partial charge is 0.319 e. The zero-order valence-corrected chi connectivity index (χ0v) is 13.6. The van der Waals surface area contributed by atoms with Crippen LogP contribution in [0.4, 0.5) is 10.5 Å². The third-order valence-electron chi connectivity index (χ3n) is 2.72. The molecule has 0 atom stereocenters. The van der Waals surface area contributed by atoms with Gasteiger partial charge in [0.15, 0.2) is 0 Å². The zero-order valence-electron chi connectivity index (χ0n) is 12.0. The number of benzene rings is 1. The van der Waals surface area contributed by atoms with Gasteiger partial charge in [0.1, 0.15) is 0 Å². The average Bonchev–Trinajstić information content (AvgIpc) is 2.20. The first-order valence-corrected chi connectivity index (χ1v) is 6.98. The molecule has 0 aromatic heterocycles. The predicted molar refractivity (Wildman–Crippen MR) is 82.1 cm³/mol. The molecule has 6 heteroatoms. The Morgan fingerprint density at radius 2 is 1.90 bits per heavy atom. The van der Waals surface area contributed by atoms with E-state index in [0.29, 0.717) is 5.69 Å². The molecule has 0 bridgehead atoms. The standard InChI is InChI=1S/C14H19BrN2O3/c1-8-5-9(2)12(10(15)6-8)16-13(20)17-14(3,4)7-11(18)19/h5-6H,7H2,1-4H3,(H,18,19)(H2,16,17,20). The van der Waals surface area contributed by atoms with Crippen LogP contribution in [-0.4, -0.2) is 22.6 Å². The number of hydrogen-bond donors (Lipinski definition) is 3. The van der Waals surface area contributed by atoms with Crippen LogP contribution in [0.1, 0.15) is 31.4 Å². The van der Waals surface area contributed by atoms with Crippen molar-refractivity contribution >= 4 is 33.6 Å². The maximum Gasteiger partial charge on any atom is 0.319 e. The van der Waals surface area contributed by atoms with E-state index >= 15 is 0 Å². The number of carboxylic acid groups (broad SMARTS) is 1. The highest BCUT2D eigenvalue weighted by Gasteiger charge is 2.24. The fraction of sp³-hybridized carbons (Fsp3) is 0.429. The van der Waals surface area contributed by atoms with E-state index in [1.807, 2.05) is 26.0 Å². The van der Waals surface area contributed by atoms with Crippen LogP contribution in [0.5, 0.6) is 0 Å². The summed E-state index contributed by atoms with van der Waals surface area (Å²) in [6, 6.07) is 3.44. The Kier molecular flexibility index (Phi) is 5.16. The van der Waals surface area contributed by atoms with Crippen molar-refractivity contribution in [3.63, 3.8) is 0 Å². The van der Waals surface area contributed by atoms with E-state index in [1.165, 1.54) is 0 Å². The van der Waals surface area contributed by atoms with E-state index in [-0.39, 0.29) is 6.42 Å². The SMILES string of the molecule is Cc1cc(C)c(NC(=O)NC(C)(C)CC(=O)O)c(Br)c1. The van der Waals surface area contributed by atoms with Crippen LogP contribution in [0.2, 0.25) is 0 Å². The lowest BCUT2D eigenvalue weighted by molar-refractivity contribution is -0.138. The lowest BCUT2D eigenvalue weighted by Crippen LogP contribution is -2.47. The molecule has 0 heterocycles. The molecule has 0 aliphatic rings. The van der Waals surface area contributed by atoms with Crippen LogP contribution < -0.4 is 10.6 Å². The van der Waals surface area contributed by atoms with E-state index in [2.05, 4.69) is 26.6 Å². The Bertz CT molecular complexity index is 518. The third-order valence-corrected chi connectivity index (χ3v) is 3.34. The maximum absolute atomic E-state index is 12.0. The van der Waals surface area contributed by atoms with Crippen LogP contribution in [0.15, 0.2) is 16.6 Å². The van der Waals surface area contributed by atoms with Gasteiger partial charge in [-0.3, -0.25) is 4.79 Å². The average molecular weight is 343 g/mol. The summed E-state index contributed by atoms with van der Waals surface area (Å²) in [5.41, 5.74) is 1.88. The number of rotatable bonds is 4. The first-order chi connectivity index (χ1) is 9.10. The second-order valence-electron chi connectivity index (χ2n) is 5.47. The molecule has 0 radical (unpaired) electrons. The van der Waals surface area contributed by atoms with Crippen molar-refractivity contribution in [3.8, 4) is 0 Å². The number of nitrogens with one attached hydrogen (secondary N) is 2. The lowest BCUT2D eigenvalue weighted by Gasteiger charge is -2.25. The van der Waals surface area contributed by atoms with Gasteiger partial charge in [0.2, 0.25) is 0 Å². The van der Waals surface area contributed by atoms with Crippen molar-refractivity contribution in [3.05, 3.63) is 27.7 Å². The van der Waals surface area contributed by atoms with Gasteiger partial charge in [-0.25, -0.2) is 4.79 Å². The van der Waals surface area contributed by atoms with Crippen LogP contribution in [0, 0.1) is 13.8 Å². The number of aryl methyl sites for hydroxylation is 2. The highest BCUT2D eigenvalue weighted by Crippen LogP contribution is 2.27. The largest absolute Gasteiger partial charge is 0.481 e. The van der Waals surface area contributed by atoms with Crippen LogP contribution in [0.25, 0.3) is 0 Å². The van der Waals surface area contributed by atoms with Gasteiger partial charge >= 0.3 is 12.0 Å². The van der Waals surface area contributed by atoms with Crippen LogP contribution in [-0.2, 0) is 4.79 Å². The molecule has 20 heavy (non-hydrogen) atoms. The van der Waals surface area contributed by atoms with E-state index in [4.69, 9.17) is 5.11 Å². The molecule has 0 saturated heterocycles. The molecule has 0 unspecified atom stereocenters. The number of halogens is 1. The van der Waals surface area contributed by atoms with Gasteiger partial charge in [0.05, 0.1) is 12.1 Å². The molecule has 1 aromatic rings. The quantitative estimate of drug-likeness (QED) is 0.784. The first-order valence-electron chi connectivity index (χ1n) is 6.18. The topological polar surface area (TPSA) is 78.4 Å². The van der Waals surface area contributed by atoms with Crippen molar-refractivity contribution in [2.45, 2.75) is 39.7 Å². The number of carbonyl (C=O) groups is 2. The Balaban J connectivity index is 2.79. The van der Waals surface area contributed by atoms with Gasteiger partial charge in [-0.2, -0.15) is 0 Å². The summed E-state index contributed by atoms with van der Waals surface area (Å²) in [7, 11) is 0. The molecule has 2 amide bonds. The normalized spacial score (nSPS) is 11.1. The van der Waals surface area contributed by atoms with Crippen molar-refractivity contribution in [2.24, 2.45) is 0 Å². The second kappa shape index (κ2) is 6.26. The van der Waals surface area contributed by atoms with Crippen molar-refractivity contribution in [1.29, 1.82) is 0 Å². The van der Waals surface area contributed by atoms with Crippen LogP contribution >= 0.6 is 15.9 Å². The summed E-state index contributed by atoms with van der Waals surface area (Å²) in [4.78, 5) is 22.7. The Morgan fingerprint density at radius 3 is 2.40 bits per heavy atom. The minimum Gasteiger partial charge on any atom is -0.481 e. The van der Waals surface area contributed by atoms with E-state index in [9.17, 15) is 9.59 Å². The van der Waals surface area contributed by atoms with E-state index in [0.717, 1.165) is 15.6 Å². The lowest BCUT2D eigenvalue weighted by atomic mass is 10.0. The first kappa shape index (κ1) is 16.5. The van der Waals surface area contributed by atoms with Crippen molar-refractivity contribution in [1.82, 2.24) is 5.32 Å². The highest BCUT2D eigenvalue weighted by molar-refractivity contribution is 9.10. The fourth-order valence-corrected chi connectivity index (χ4v) is 2.72. The summed E-state index contributed by atoms with van der Waals surface area (Å²) >= 11 is 3.41. The van der Waals surface area contributed by atoms with Gasteiger partial charge < -0.3 is 15.7 Å². The number of anilines is 1. The number of aliphatic carboxylic acids is 1. The highest BCUT2D eigenvalue weighted by atomic mass is 79.9. The fourth-order valence-electron chi connectivity index (χ4n) is 1.95.